The van der Waals surface area contributed by atoms with Crippen molar-refractivity contribution in [2.45, 2.75) is 24.8 Å². The van der Waals surface area contributed by atoms with Crippen molar-refractivity contribution in [3.8, 4) is 0 Å². The molecule has 1 fully saturated rings. The molecule has 2 N–H and O–H groups in total. The zero-order valence-corrected chi connectivity index (χ0v) is 10.0. The highest BCUT2D eigenvalue weighted by atomic mass is 32.1. The fourth-order valence-electron chi connectivity index (χ4n) is 1.75. The molecule has 0 saturated heterocycles. The standard InChI is InChI=1S/C10H10N2O5S/c13-8(6-2-3-7(18-6)12(16)17)11-10(9(14)15)4-1-5-10/h2-3H,1,4-5H2,(H,11,13)(H,14,15). The number of carboxylic acids is 1. The van der Waals surface area contributed by atoms with Gasteiger partial charge in [-0.25, -0.2) is 4.79 Å². The minimum Gasteiger partial charge on any atom is -0.480 e. The Morgan fingerprint density at radius 2 is 2.11 bits per heavy atom. The number of thiophene rings is 1. The molecule has 96 valence electrons. The second kappa shape index (κ2) is 4.37. The van der Waals surface area contributed by atoms with Gasteiger partial charge in [0.25, 0.3) is 5.91 Å². The van der Waals surface area contributed by atoms with E-state index < -0.39 is 22.3 Å². The number of aliphatic carboxylic acids is 1. The van der Waals surface area contributed by atoms with Crippen molar-refractivity contribution >= 4 is 28.2 Å². The highest BCUT2D eigenvalue weighted by Crippen LogP contribution is 2.33. The van der Waals surface area contributed by atoms with Crippen LogP contribution in [-0.4, -0.2) is 27.4 Å². The maximum atomic E-state index is 11.8. The second-order valence-corrected chi connectivity index (χ2v) is 5.15. The molecule has 1 heterocycles. The highest BCUT2D eigenvalue weighted by molar-refractivity contribution is 7.17. The molecule has 0 aromatic carbocycles. The smallest absolute Gasteiger partial charge is 0.329 e. The largest absolute Gasteiger partial charge is 0.480 e. The Morgan fingerprint density at radius 3 is 2.50 bits per heavy atom. The average Bonchev–Trinajstić information content (AvgIpc) is 2.71. The molecule has 0 unspecified atom stereocenters. The third-order valence-electron chi connectivity index (χ3n) is 2.96. The number of carbonyl (C=O) groups excluding carboxylic acids is 1. The Kier molecular flexibility index (Phi) is 3.04. The molecule has 7 nitrogen and oxygen atoms in total. The van der Waals surface area contributed by atoms with Crippen molar-refractivity contribution in [1.82, 2.24) is 5.32 Å². The Balaban J connectivity index is 2.12. The first-order valence-electron chi connectivity index (χ1n) is 5.25. The van der Waals surface area contributed by atoms with Crippen LogP contribution in [0.15, 0.2) is 12.1 Å². The van der Waals surface area contributed by atoms with Crippen LogP contribution in [0.3, 0.4) is 0 Å². The summed E-state index contributed by atoms with van der Waals surface area (Å²) in [4.78, 5) is 32.9. The Bertz CT molecular complexity index is 520. The molecule has 1 aliphatic rings. The summed E-state index contributed by atoms with van der Waals surface area (Å²) >= 11 is 0.732. The molecule has 8 heteroatoms. The fourth-order valence-corrected chi connectivity index (χ4v) is 2.47. The fraction of sp³-hybridized carbons (Fsp3) is 0.400. The summed E-state index contributed by atoms with van der Waals surface area (Å²) in [5.74, 6) is -1.64. The van der Waals surface area contributed by atoms with Crippen LogP contribution < -0.4 is 5.32 Å². The van der Waals surface area contributed by atoms with E-state index in [9.17, 15) is 19.7 Å². The molecule has 1 aliphatic carbocycles. The predicted molar refractivity (Wildman–Crippen MR) is 62.7 cm³/mol. The zero-order chi connectivity index (χ0) is 13.3. The van der Waals surface area contributed by atoms with E-state index in [2.05, 4.69) is 5.32 Å². The number of hydrogen-bond donors (Lipinski definition) is 2. The minimum absolute atomic E-state index is 0.141. The molecule has 0 aliphatic heterocycles. The lowest BCUT2D eigenvalue weighted by molar-refractivity contribution is -0.380. The lowest BCUT2D eigenvalue weighted by atomic mass is 9.77. The zero-order valence-electron chi connectivity index (χ0n) is 9.21. The number of amides is 1. The third kappa shape index (κ3) is 2.06. The van der Waals surface area contributed by atoms with Crippen molar-refractivity contribution < 1.29 is 19.6 Å². The van der Waals surface area contributed by atoms with E-state index in [1.807, 2.05) is 0 Å². The first-order valence-corrected chi connectivity index (χ1v) is 6.06. The monoisotopic (exact) mass is 270 g/mol. The third-order valence-corrected chi connectivity index (χ3v) is 4.00. The highest BCUT2D eigenvalue weighted by Gasteiger charge is 2.46. The number of nitrogens with one attached hydrogen (secondary N) is 1. The average molecular weight is 270 g/mol. The molecule has 1 saturated carbocycles. The van der Waals surface area contributed by atoms with Crippen molar-refractivity contribution in [3.05, 3.63) is 27.1 Å². The van der Waals surface area contributed by atoms with Crippen LogP contribution in [0.2, 0.25) is 0 Å². The van der Waals surface area contributed by atoms with E-state index in [4.69, 9.17) is 5.11 Å². The topological polar surface area (TPSA) is 110 Å². The Labute approximate surface area is 106 Å². The van der Waals surface area contributed by atoms with Gasteiger partial charge in [0.05, 0.1) is 9.80 Å². The summed E-state index contributed by atoms with van der Waals surface area (Å²) in [5.41, 5.74) is -1.20. The van der Waals surface area contributed by atoms with Crippen LogP contribution in [0.4, 0.5) is 5.00 Å². The lowest BCUT2D eigenvalue weighted by Gasteiger charge is -2.38. The number of nitro groups is 1. The van der Waals surface area contributed by atoms with Gasteiger partial charge < -0.3 is 10.4 Å². The van der Waals surface area contributed by atoms with E-state index in [1.165, 1.54) is 12.1 Å². The number of rotatable bonds is 4. The molecule has 2 rings (SSSR count). The first-order chi connectivity index (χ1) is 8.44. The normalized spacial score (nSPS) is 16.7. The summed E-state index contributed by atoms with van der Waals surface area (Å²) in [6.07, 6.45) is 1.53. The van der Waals surface area contributed by atoms with Crippen LogP contribution >= 0.6 is 11.3 Å². The molecule has 0 radical (unpaired) electrons. The van der Waals surface area contributed by atoms with Gasteiger partial charge in [-0.05, 0) is 25.3 Å². The van der Waals surface area contributed by atoms with Gasteiger partial charge in [0.1, 0.15) is 5.54 Å². The predicted octanol–water partition coefficient (Wildman–Crippen LogP) is 1.39. The van der Waals surface area contributed by atoms with Crippen molar-refractivity contribution in [2.75, 3.05) is 0 Å². The van der Waals surface area contributed by atoms with Gasteiger partial charge in [-0.3, -0.25) is 14.9 Å². The van der Waals surface area contributed by atoms with Crippen LogP contribution in [0.25, 0.3) is 0 Å². The number of carbonyl (C=O) groups is 2. The minimum atomic E-state index is -1.20. The molecule has 1 aromatic heterocycles. The van der Waals surface area contributed by atoms with E-state index in [0.29, 0.717) is 12.8 Å². The van der Waals surface area contributed by atoms with Gasteiger partial charge >= 0.3 is 11.0 Å². The van der Waals surface area contributed by atoms with E-state index >= 15 is 0 Å². The van der Waals surface area contributed by atoms with Gasteiger partial charge in [-0.1, -0.05) is 11.3 Å². The number of carboxylic acid groups (broad SMARTS) is 1. The van der Waals surface area contributed by atoms with E-state index in [-0.39, 0.29) is 9.88 Å². The van der Waals surface area contributed by atoms with Crippen LogP contribution in [0, 0.1) is 10.1 Å². The van der Waals surface area contributed by atoms with Crippen molar-refractivity contribution in [2.24, 2.45) is 0 Å². The maximum Gasteiger partial charge on any atom is 0.329 e. The summed E-state index contributed by atoms with van der Waals surface area (Å²) in [5, 5.41) is 21.8. The Morgan fingerprint density at radius 1 is 1.44 bits per heavy atom. The maximum absolute atomic E-state index is 11.8. The molecule has 1 amide bonds. The molecule has 1 aromatic rings. The Hall–Kier alpha value is -1.96. The van der Waals surface area contributed by atoms with Gasteiger partial charge in [-0.15, -0.1) is 0 Å². The van der Waals surface area contributed by atoms with Crippen LogP contribution in [0.1, 0.15) is 28.9 Å². The second-order valence-electron chi connectivity index (χ2n) is 4.09. The summed E-state index contributed by atoms with van der Waals surface area (Å²) in [7, 11) is 0. The van der Waals surface area contributed by atoms with E-state index in [0.717, 1.165) is 17.8 Å². The van der Waals surface area contributed by atoms with Crippen molar-refractivity contribution in [1.29, 1.82) is 0 Å². The molecule has 0 atom stereocenters. The summed E-state index contributed by atoms with van der Waals surface area (Å²) < 4.78 is 0. The number of hydrogen-bond acceptors (Lipinski definition) is 5. The first kappa shape index (κ1) is 12.5. The van der Waals surface area contributed by atoms with Gasteiger partial charge in [0, 0.05) is 6.07 Å². The molecule has 0 bridgehead atoms. The summed E-state index contributed by atoms with van der Waals surface area (Å²) in [6.45, 7) is 0. The summed E-state index contributed by atoms with van der Waals surface area (Å²) in [6, 6.07) is 2.56. The molecule has 18 heavy (non-hydrogen) atoms. The molecule has 0 spiro atoms. The van der Waals surface area contributed by atoms with Gasteiger partial charge in [-0.2, -0.15) is 0 Å². The molecular formula is C10H10N2O5S. The molecular weight excluding hydrogens is 260 g/mol. The van der Waals surface area contributed by atoms with Crippen LogP contribution in [-0.2, 0) is 4.79 Å². The number of nitrogens with zero attached hydrogens (tertiary/aromatic N) is 1. The SMILES string of the molecule is O=C(NC1(C(=O)O)CCC1)c1ccc([N+](=O)[O-])s1. The van der Waals surface area contributed by atoms with Gasteiger partial charge in [0.2, 0.25) is 0 Å². The van der Waals surface area contributed by atoms with Gasteiger partial charge in [0.15, 0.2) is 0 Å². The van der Waals surface area contributed by atoms with Crippen LogP contribution in [0.5, 0.6) is 0 Å². The quantitative estimate of drug-likeness (QED) is 0.634. The van der Waals surface area contributed by atoms with E-state index in [1.54, 1.807) is 0 Å². The lowest BCUT2D eigenvalue weighted by Crippen LogP contribution is -2.59. The van der Waals surface area contributed by atoms with Crippen molar-refractivity contribution in [3.63, 3.8) is 0 Å².